The van der Waals surface area contributed by atoms with Gasteiger partial charge in [0.15, 0.2) is 5.17 Å². The molecule has 0 fully saturated rings. The number of amidine groups is 1. The van der Waals surface area contributed by atoms with Gasteiger partial charge < -0.3 is 5.32 Å². The predicted molar refractivity (Wildman–Crippen MR) is 83.9 cm³/mol. The summed E-state index contributed by atoms with van der Waals surface area (Å²) in [6.45, 7) is 0. The van der Waals surface area contributed by atoms with Crippen LogP contribution in [0.15, 0.2) is 59.6 Å². The maximum atomic E-state index is 4.85. The molecule has 1 aliphatic rings. The molecular formula is C16H16N2S. The Hall–Kier alpha value is -1.74. The molecule has 0 saturated heterocycles. The molecule has 2 aromatic rings. The number of nitrogens with zero attached hydrogens (tertiary/aromatic N) is 1. The maximum absolute atomic E-state index is 4.85. The number of para-hydroxylation sites is 1. The molecule has 1 N–H and O–H groups in total. The summed E-state index contributed by atoms with van der Waals surface area (Å²) in [7, 11) is 0. The molecule has 0 bridgehead atoms. The number of rotatable bonds is 1. The Morgan fingerprint density at radius 2 is 1.79 bits per heavy atom. The summed E-state index contributed by atoms with van der Waals surface area (Å²) in [5.41, 5.74) is 3.77. The van der Waals surface area contributed by atoms with Crippen LogP contribution in [-0.4, -0.2) is 11.4 Å². The fraction of sp³-hybridized carbons (Fsp3) is 0.188. The van der Waals surface area contributed by atoms with Crippen LogP contribution < -0.4 is 5.32 Å². The Kier molecular flexibility index (Phi) is 3.56. The van der Waals surface area contributed by atoms with Crippen molar-refractivity contribution in [1.29, 1.82) is 0 Å². The first-order valence-electron chi connectivity index (χ1n) is 6.38. The van der Waals surface area contributed by atoms with Crippen molar-refractivity contribution in [3.8, 4) is 0 Å². The van der Waals surface area contributed by atoms with E-state index in [9.17, 15) is 0 Å². The second-order valence-corrected chi connectivity index (χ2v) is 5.35. The van der Waals surface area contributed by atoms with E-state index in [1.807, 2.05) is 6.07 Å². The van der Waals surface area contributed by atoms with E-state index in [0.29, 0.717) is 0 Å². The van der Waals surface area contributed by atoms with Gasteiger partial charge in [0.05, 0.1) is 6.04 Å². The zero-order chi connectivity index (χ0) is 13.1. The minimum atomic E-state index is 0.194. The average molecular weight is 268 g/mol. The molecule has 0 spiro atoms. The molecule has 0 aliphatic carbocycles. The molecule has 0 amide bonds. The highest BCUT2D eigenvalue weighted by molar-refractivity contribution is 8.13. The van der Waals surface area contributed by atoms with Crippen LogP contribution in [0.2, 0.25) is 0 Å². The Morgan fingerprint density at radius 1 is 1.05 bits per heavy atom. The van der Waals surface area contributed by atoms with E-state index in [1.165, 1.54) is 16.8 Å². The van der Waals surface area contributed by atoms with Crippen molar-refractivity contribution in [2.24, 2.45) is 4.99 Å². The Balaban J connectivity index is 2.02. The molecule has 0 aromatic heterocycles. The van der Waals surface area contributed by atoms with Gasteiger partial charge in [-0.1, -0.05) is 60.3 Å². The molecule has 3 heteroatoms. The zero-order valence-corrected chi connectivity index (χ0v) is 11.7. The van der Waals surface area contributed by atoms with Crippen molar-refractivity contribution in [3.63, 3.8) is 0 Å². The number of aliphatic imine (C=N–C) groups is 1. The molecule has 0 radical (unpaired) electrons. The smallest absolute Gasteiger partial charge is 0.161 e. The predicted octanol–water partition coefficient (Wildman–Crippen LogP) is 4.11. The molecule has 3 rings (SSSR count). The molecule has 2 aromatic carbocycles. The normalized spacial score (nSPS) is 17.9. The minimum Gasteiger partial charge on any atom is -0.335 e. The fourth-order valence-electron chi connectivity index (χ4n) is 2.33. The van der Waals surface area contributed by atoms with Crippen molar-refractivity contribution in [3.05, 3.63) is 65.7 Å². The lowest BCUT2D eigenvalue weighted by atomic mass is 9.99. The fourth-order valence-corrected chi connectivity index (χ4v) is 2.78. The van der Waals surface area contributed by atoms with Crippen LogP contribution in [0.1, 0.15) is 17.2 Å². The van der Waals surface area contributed by atoms with Crippen LogP contribution in [0.3, 0.4) is 0 Å². The van der Waals surface area contributed by atoms with E-state index in [4.69, 9.17) is 4.99 Å². The number of anilines is 1. The maximum Gasteiger partial charge on any atom is 0.161 e. The first-order valence-corrected chi connectivity index (χ1v) is 7.61. The Labute approximate surface area is 118 Å². The molecule has 1 heterocycles. The molecule has 2 nitrogen and oxygen atoms in total. The van der Waals surface area contributed by atoms with Gasteiger partial charge in [-0.15, -0.1) is 0 Å². The van der Waals surface area contributed by atoms with Crippen LogP contribution in [0.5, 0.6) is 0 Å². The lowest BCUT2D eigenvalue weighted by molar-refractivity contribution is 0.733. The van der Waals surface area contributed by atoms with Gasteiger partial charge in [-0.25, -0.2) is 0 Å². The van der Waals surface area contributed by atoms with Crippen LogP contribution in [-0.2, 0) is 6.42 Å². The van der Waals surface area contributed by atoms with Gasteiger partial charge in [-0.05, 0) is 23.4 Å². The summed E-state index contributed by atoms with van der Waals surface area (Å²) >= 11 is 1.66. The number of fused-ring (bicyclic) bond motifs is 1. The van der Waals surface area contributed by atoms with Gasteiger partial charge in [-0.3, -0.25) is 4.99 Å². The monoisotopic (exact) mass is 268 g/mol. The highest BCUT2D eigenvalue weighted by Crippen LogP contribution is 2.30. The van der Waals surface area contributed by atoms with E-state index in [0.717, 1.165) is 11.6 Å². The minimum absolute atomic E-state index is 0.194. The first-order chi connectivity index (χ1) is 9.36. The van der Waals surface area contributed by atoms with Gasteiger partial charge in [0.25, 0.3) is 0 Å². The van der Waals surface area contributed by atoms with Gasteiger partial charge in [-0.2, -0.15) is 0 Å². The molecule has 1 aliphatic heterocycles. The third kappa shape index (κ3) is 2.66. The second kappa shape index (κ2) is 5.49. The van der Waals surface area contributed by atoms with Crippen molar-refractivity contribution >= 4 is 22.6 Å². The number of nitrogens with one attached hydrogen (secondary N) is 1. The summed E-state index contributed by atoms with van der Waals surface area (Å²) in [5.74, 6) is 0. The SMILES string of the molecule is CSC1=N[C@H](c2ccccc2)Cc2ccccc2N1. The molecule has 96 valence electrons. The van der Waals surface area contributed by atoms with Gasteiger partial charge in [0.2, 0.25) is 0 Å². The lowest BCUT2D eigenvalue weighted by Gasteiger charge is -2.11. The third-order valence-corrected chi connectivity index (χ3v) is 3.92. The topological polar surface area (TPSA) is 24.4 Å². The number of hydrogen-bond acceptors (Lipinski definition) is 3. The highest BCUT2D eigenvalue weighted by atomic mass is 32.2. The van der Waals surface area contributed by atoms with Crippen molar-refractivity contribution in [2.45, 2.75) is 12.5 Å². The first kappa shape index (κ1) is 12.3. The highest BCUT2D eigenvalue weighted by Gasteiger charge is 2.18. The Morgan fingerprint density at radius 3 is 2.58 bits per heavy atom. The zero-order valence-electron chi connectivity index (χ0n) is 10.8. The summed E-state index contributed by atoms with van der Waals surface area (Å²) < 4.78 is 0. The van der Waals surface area contributed by atoms with Gasteiger partial charge in [0.1, 0.15) is 0 Å². The summed E-state index contributed by atoms with van der Waals surface area (Å²) in [5, 5.41) is 4.41. The van der Waals surface area contributed by atoms with E-state index >= 15 is 0 Å². The molecule has 19 heavy (non-hydrogen) atoms. The largest absolute Gasteiger partial charge is 0.335 e. The molecule has 1 atom stereocenters. The van der Waals surface area contributed by atoms with Crippen LogP contribution >= 0.6 is 11.8 Å². The summed E-state index contributed by atoms with van der Waals surface area (Å²) in [6, 6.07) is 19.2. The van der Waals surface area contributed by atoms with E-state index in [2.05, 4.69) is 60.1 Å². The van der Waals surface area contributed by atoms with E-state index in [1.54, 1.807) is 11.8 Å². The lowest BCUT2D eigenvalue weighted by Crippen LogP contribution is -2.07. The van der Waals surface area contributed by atoms with E-state index in [-0.39, 0.29) is 6.04 Å². The molecular weight excluding hydrogens is 252 g/mol. The van der Waals surface area contributed by atoms with Gasteiger partial charge >= 0.3 is 0 Å². The molecule has 0 saturated carbocycles. The molecule has 0 unspecified atom stereocenters. The quantitative estimate of drug-likeness (QED) is 0.841. The van der Waals surface area contributed by atoms with Crippen LogP contribution in [0, 0.1) is 0 Å². The van der Waals surface area contributed by atoms with Crippen molar-refractivity contribution in [2.75, 3.05) is 11.6 Å². The second-order valence-electron chi connectivity index (χ2n) is 4.55. The Bertz CT molecular complexity index is 593. The van der Waals surface area contributed by atoms with Crippen LogP contribution in [0.4, 0.5) is 5.69 Å². The van der Waals surface area contributed by atoms with Crippen molar-refractivity contribution in [1.82, 2.24) is 0 Å². The van der Waals surface area contributed by atoms with E-state index < -0.39 is 0 Å². The van der Waals surface area contributed by atoms with Gasteiger partial charge in [0, 0.05) is 12.1 Å². The summed E-state index contributed by atoms with van der Waals surface area (Å²) in [6.07, 6.45) is 3.00. The number of thioether (sulfide) groups is 1. The average Bonchev–Trinajstić information content (AvgIpc) is 2.67. The third-order valence-electron chi connectivity index (χ3n) is 3.32. The van der Waals surface area contributed by atoms with Crippen LogP contribution in [0.25, 0.3) is 0 Å². The number of benzene rings is 2. The van der Waals surface area contributed by atoms with Crippen molar-refractivity contribution < 1.29 is 0 Å². The number of hydrogen-bond donors (Lipinski definition) is 1. The summed E-state index contributed by atoms with van der Waals surface area (Å²) in [4.78, 5) is 4.85. The standard InChI is InChI=1S/C16H16N2S/c1-19-16-17-14-10-6-5-9-13(14)11-15(18-16)12-7-3-2-4-8-12/h2-10,15H,11H2,1H3,(H,17,18)/t15-/m0/s1.